The smallest absolute Gasteiger partial charge is 0.336 e. The Hall–Kier alpha value is -1.69. The first-order chi connectivity index (χ1) is 9.93. The van der Waals surface area contributed by atoms with Crippen molar-refractivity contribution in [1.29, 1.82) is 0 Å². The summed E-state index contributed by atoms with van der Waals surface area (Å²) in [6.45, 7) is 5.78. The number of hydrogen-bond acceptors (Lipinski definition) is 3. The van der Waals surface area contributed by atoms with Crippen LogP contribution in [0.1, 0.15) is 36.2 Å². The maximum Gasteiger partial charge on any atom is 0.336 e. The lowest BCUT2D eigenvalue weighted by atomic mass is 10.1. The summed E-state index contributed by atoms with van der Waals surface area (Å²) >= 11 is 1.84. The van der Waals surface area contributed by atoms with E-state index in [9.17, 15) is 9.59 Å². The number of aryl methyl sites for hydroxylation is 1. The van der Waals surface area contributed by atoms with Crippen molar-refractivity contribution in [1.82, 2.24) is 5.32 Å². The molecule has 0 aliphatic carbocycles. The molecule has 1 atom stereocenters. The van der Waals surface area contributed by atoms with Gasteiger partial charge in [-0.25, -0.2) is 9.59 Å². The first-order valence-electron chi connectivity index (χ1n) is 6.93. The van der Waals surface area contributed by atoms with E-state index in [1.165, 1.54) is 6.07 Å². The minimum absolute atomic E-state index is 0.0773. The summed E-state index contributed by atoms with van der Waals surface area (Å²) in [5.74, 6) is 1.08. The second-order valence-corrected chi connectivity index (χ2v) is 6.21. The average molecular weight is 310 g/mol. The van der Waals surface area contributed by atoms with E-state index in [4.69, 9.17) is 5.11 Å². The lowest BCUT2D eigenvalue weighted by Crippen LogP contribution is -2.36. The Balaban J connectivity index is 2.55. The molecule has 0 saturated carbocycles. The molecular formula is C15H22N2O3S. The summed E-state index contributed by atoms with van der Waals surface area (Å²) in [4.78, 5) is 22.9. The normalized spacial score (nSPS) is 11.8. The highest BCUT2D eigenvalue weighted by Gasteiger charge is 2.11. The number of benzene rings is 1. The Morgan fingerprint density at radius 3 is 2.71 bits per heavy atom. The molecule has 0 radical (unpaired) electrons. The molecule has 3 N–H and O–H groups in total. The van der Waals surface area contributed by atoms with Crippen LogP contribution in [0.15, 0.2) is 18.2 Å². The first-order valence-corrected chi connectivity index (χ1v) is 8.08. The highest BCUT2D eigenvalue weighted by atomic mass is 32.2. The Bertz CT molecular complexity index is 506. The van der Waals surface area contributed by atoms with Gasteiger partial charge in [-0.05, 0) is 49.5 Å². The van der Waals surface area contributed by atoms with Gasteiger partial charge in [0.05, 0.1) is 5.56 Å². The zero-order valence-electron chi connectivity index (χ0n) is 12.6. The Morgan fingerprint density at radius 1 is 1.38 bits per heavy atom. The molecule has 5 nitrogen and oxygen atoms in total. The van der Waals surface area contributed by atoms with Gasteiger partial charge in [-0.3, -0.25) is 0 Å². The quantitative estimate of drug-likeness (QED) is 0.675. The summed E-state index contributed by atoms with van der Waals surface area (Å²) < 4.78 is 0. The zero-order chi connectivity index (χ0) is 15.8. The van der Waals surface area contributed by atoms with Crippen molar-refractivity contribution >= 4 is 29.4 Å². The van der Waals surface area contributed by atoms with Gasteiger partial charge in [-0.15, -0.1) is 0 Å². The minimum atomic E-state index is -0.999. The van der Waals surface area contributed by atoms with Gasteiger partial charge in [0, 0.05) is 11.7 Å². The van der Waals surface area contributed by atoms with Crippen molar-refractivity contribution in [3.8, 4) is 0 Å². The predicted octanol–water partition coefficient (Wildman–Crippen LogP) is 3.35. The second kappa shape index (κ2) is 8.56. The molecule has 0 bridgehead atoms. The average Bonchev–Trinajstić information content (AvgIpc) is 2.40. The summed E-state index contributed by atoms with van der Waals surface area (Å²) in [7, 11) is 0. The van der Waals surface area contributed by atoms with Crippen LogP contribution in [-0.4, -0.2) is 34.7 Å². The van der Waals surface area contributed by atoms with Crippen molar-refractivity contribution in [3.63, 3.8) is 0 Å². The SMILES string of the molecule is CCSCCC(C)NC(=O)Nc1ccc(C)c(C(=O)O)c1. The number of carbonyl (C=O) groups excluding carboxylic acids is 1. The summed E-state index contributed by atoms with van der Waals surface area (Å²) in [6, 6.07) is 4.60. The van der Waals surface area contributed by atoms with E-state index in [0.29, 0.717) is 11.3 Å². The van der Waals surface area contributed by atoms with Crippen molar-refractivity contribution in [2.75, 3.05) is 16.8 Å². The van der Waals surface area contributed by atoms with Crippen LogP contribution in [0.4, 0.5) is 10.5 Å². The lowest BCUT2D eigenvalue weighted by Gasteiger charge is -2.14. The monoisotopic (exact) mass is 310 g/mol. The van der Waals surface area contributed by atoms with Gasteiger partial charge < -0.3 is 15.7 Å². The Labute approximate surface area is 129 Å². The number of carboxylic acid groups (broad SMARTS) is 1. The van der Waals surface area contributed by atoms with Gasteiger partial charge >= 0.3 is 12.0 Å². The molecule has 1 rings (SSSR count). The molecule has 0 fully saturated rings. The summed E-state index contributed by atoms with van der Waals surface area (Å²) in [5.41, 5.74) is 1.34. The van der Waals surface area contributed by atoms with Gasteiger partial charge in [0.15, 0.2) is 0 Å². The molecule has 0 aromatic heterocycles. The Morgan fingerprint density at radius 2 is 2.10 bits per heavy atom. The highest BCUT2D eigenvalue weighted by Crippen LogP contribution is 2.15. The van der Waals surface area contributed by atoms with E-state index in [0.717, 1.165) is 17.9 Å². The van der Waals surface area contributed by atoms with Gasteiger partial charge in [0.25, 0.3) is 0 Å². The van der Waals surface area contributed by atoms with Crippen LogP contribution in [-0.2, 0) is 0 Å². The standard InChI is InChI=1S/C15H22N2O3S/c1-4-21-8-7-11(3)16-15(20)17-12-6-5-10(2)13(9-12)14(18)19/h5-6,9,11H,4,7-8H2,1-3H3,(H,18,19)(H2,16,17,20). The molecule has 0 aliphatic rings. The van der Waals surface area contributed by atoms with Crippen LogP contribution in [0.2, 0.25) is 0 Å². The molecule has 0 heterocycles. The van der Waals surface area contributed by atoms with E-state index < -0.39 is 5.97 Å². The third kappa shape index (κ3) is 6.08. The predicted molar refractivity (Wildman–Crippen MR) is 87.4 cm³/mol. The maximum atomic E-state index is 11.8. The molecule has 0 saturated heterocycles. The third-order valence-electron chi connectivity index (χ3n) is 3.00. The van der Waals surface area contributed by atoms with Crippen molar-refractivity contribution in [3.05, 3.63) is 29.3 Å². The topological polar surface area (TPSA) is 78.4 Å². The van der Waals surface area contributed by atoms with Crippen LogP contribution < -0.4 is 10.6 Å². The molecule has 1 aromatic rings. The third-order valence-corrected chi connectivity index (χ3v) is 3.94. The fraction of sp³-hybridized carbons (Fsp3) is 0.467. The second-order valence-electron chi connectivity index (χ2n) is 4.82. The molecule has 116 valence electrons. The minimum Gasteiger partial charge on any atom is -0.478 e. The molecule has 21 heavy (non-hydrogen) atoms. The van der Waals surface area contributed by atoms with E-state index in [-0.39, 0.29) is 17.6 Å². The number of anilines is 1. The van der Waals surface area contributed by atoms with Crippen molar-refractivity contribution < 1.29 is 14.7 Å². The van der Waals surface area contributed by atoms with Crippen LogP contribution in [0.5, 0.6) is 0 Å². The van der Waals surface area contributed by atoms with Crippen LogP contribution >= 0.6 is 11.8 Å². The van der Waals surface area contributed by atoms with E-state index >= 15 is 0 Å². The number of carbonyl (C=O) groups is 2. The van der Waals surface area contributed by atoms with Crippen LogP contribution in [0.3, 0.4) is 0 Å². The van der Waals surface area contributed by atoms with E-state index in [2.05, 4.69) is 17.6 Å². The lowest BCUT2D eigenvalue weighted by molar-refractivity contribution is 0.0696. The van der Waals surface area contributed by atoms with Gasteiger partial charge in [-0.2, -0.15) is 11.8 Å². The fourth-order valence-electron chi connectivity index (χ4n) is 1.80. The number of rotatable bonds is 7. The number of amides is 2. The summed E-state index contributed by atoms with van der Waals surface area (Å²) in [5, 5.41) is 14.6. The number of carboxylic acids is 1. The molecule has 6 heteroatoms. The van der Waals surface area contributed by atoms with Gasteiger partial charge in [-0.1, -0.05) is 13.0 Å². The fourth-order valence-corrected chi connectivity index (χ4v) is 2.61. The molecule has 1 unspecified atom stereocenters. The highest BCUT2D eigenvalue weighted by molar-refractivity contribution is 7.99. The Kier molecular flexibility index (Phi) is 7.08. The van der Waals surface area contributed by atoms with E-state index in [1.54, 1.807) is 19.1 Å². The molecule has 0 aliphatic heterocycles. The summed E-state index contributed by atoms with van der Waals surface area (Å²) in [6.07, 6.45) is 0.903. The molecule has 0 spiro atoms. The van der Waals surface area contributed by atoms with Crippen molar-refractivity contribution in [2.24, 2.45) is 0 Å². The molecule has 2 amide bonds. The first kappa shape index (κ1) is 17.4. The van der Waals surface area contributed by atoms with Gasteiger partial charge in [0.1, 0.15) is 0 Å². The number of thioether (sulfide) groups is 1. The number of urea groups is 1. The number of nitrogens with one attached hydrogen (secondary N) is 2. The number of hydrogen-bond donors (Lipinski definition) is 3. The van der Waals surface area contributed by atoms with Crippen LogP contribution in [0, 0.1) is 6.92 Å². The maximum absolute atomic E-state index is 11.8. The van der Waals surface area contributed by atoms with Gasteiger partial charge in [0.2, 0.25) is 0 Å². The zero-order valence-corrected chi connectivity index (χ0v) is 13.4. The van der Waals surface area contributed by atoms with E-state index in [1.807, 2.05) is 18.7 Å². The molecule has 1 aromatic carbocycles. The number of aromatic carboxylic acids is 1. The molecular weight excluding hydrogens is 288 g/mol. The van der Waals surface area contributed by atoms with Crippen LogP contribution in [0.25, 0.3) is 0 Å². The van der Waals surface area contributed by atoms with Crippen molar-refractivity contribution in [2.45, 2.75) is 33.2 Å². The largest absolute Gasteiger partial charge is 0.478 e.